The fourth-order valence-electron chi connectivity index (χ4n) is 7.28. The average Bonchev–Trinajstić information content (AvgIpc) is 3.76. The zero-order valence-electron chi connectivity index (χ0n) is 33.0. The van der Waals surface area contributed by atoms with Gasteiger partial charge in [-0.2, -0.15) is 5.21 Å². The summed E-state index contributed by atoms with van der Waals surface area (Å²) in [5.74, 6) is -0.396. The molecule has 1 aromatic heterocycles. The van der Waals surface area contributed by atoms with Crippen LogP contribution in [0.25, 0.3) is 22.5 Å². The summed E-state index contributed by atoms with van der Waals surface area (Å²) >= 11 is 0. The first-order valence-corrected chi connectivity index (χ1v) is 19.7. The number of benzene rings is 3. The number of aromatic nitrogens is 4. The minimum atomic E-state index is -0.947. The first-order chi connectivity index (χ1) is 27.8. The Bertz CT molecular complexity index is 2030. The molecule has 1 saturated carbocycles. The number of piperidine rings is 1. The van der Waals surface area contributed by atoms with Crippen LogP contribution < -0.4 is 21.3 Å². The highest BCUT2D eigenvalue weighted by atomic mass is 16.6. The molecule has 16 heteroatoms. The van der Waals surface area contributed by atoms with Crippen molar-refractivity contribution in [3.05, 3.63) is 83.9 Å². The lowest BCUT2D eigenvalue weighted by Gasteiger charge is -2.30. The van der Waals surface area contributed by atoms with E-state index in [-0.39, 0.29) is 42.0 Å². The molecule has 6 N–H and O–H groups in total. The minimum absolute atomic E-state index is 0.101. The van der Waals surface area contributed by atoms with Gasteiger partial charge in [0.05, 0.1) is 0 Å². The molecule has 4 aromatic rings. The van der Waals surface area contributed by atoms with E-state index in [1.807, 2.05) is 63.2 Å². The van der Waals surface area contributed by atoms with Gasteiger partial charge < -0.3 is 36.0 Å². The number of alkyl carbamates (subject to hydrolysis) is 1. The van der Waals surface area contributed by atoms with Crippen molar-refractivity contribution in [2.75, 3.05) is 25.0 Å². The van der Waals surface area contributed by atoms with Crippen molar-refractivity contribution in [2.45, 2.75) is 83.4 Å². The number of aromatic amines is 1. The Hall–Kier alpha value is -6.32. The van der Waals surface area contributed by atoms with Crippen molar-refractivity contribution in [2.24, 2.45) is 11.8 Å². The molecule has 306 valence electrons. The molecule has 1 aliphatic carbocycles. The molecule has 6 rings (SSSR count). The van der Waals surface area contributed by atoms with Crippen LogP contribution in [0.1, 0.15) is 75.2 Å². The Labute approximate surface area is 336 Å². The van der Waals surface area contributed by atoms with Gasteiger partial charge in [-0.05, 0) is 124 Å². The SMILES string of the molecule is CC(C)(C)OC(=O)NC[C@H]1CC[C@H](C(=O)N[C@@H](Cc2ccc(-c3cccc(C(=O)NC4CCN(C(=O)O)CC4)c3)cc2)C(=O)Nc2ccc(-c3nn[nH]n3)cc2)CC1. The van der Waals surface area contributed by atoms with Gasteiger partial charge in [-0.3, -0.25) is 14.4 Å². The number of rotatable bonds is 12. The van der Waals surface area contributed by atoms with Crippen LogP contribution in [0.15, 0.2) is 72.8 Å². The van der Waals surface area contributed by atoms with Crippen molar-refractivity contribution in [3.8, 4) is 22.5 Å². The van der Waals surface area contributed by atoms with E-state index in [2.05, 4.69) is 41.9 Å². The number of H-pyrrole nitrogens is 1. The largest absolute Gasteiger partial charge is 0.465 e. The number of amides is 5. The first-order valence-electron chi connectivity index (χ1n) is 19.7. The fraction of sp³-hybridized carbons (Fsp3) is 0.429. The molecule has 1 atom stereocenters. The molecule has 0 radical (unpaired) electrons. The van der Waals surface area contributed by atoms with E-state index in [0.29, 0.717) is 62.4 Å². The van der Waals surface area contributed by atoms with Crippen molar-refractivity contribution in [1.29, 1.82) is 0 Å². The molecule has 2 fully saturated rings. The van der Waals surface area contributed by atoms with Gasteiger partial charge in [0.1, 0.15) is 11.6 Å². The number of carbonyl (C=O) groups excluding carboxylic acids is 4. The van der Waals surface area contributed by atoms with Crippen LogP contribution >= 0.6 is 0 Å². The van der Waals surface area contributed by atoms with Crippen LogP contribution in [-0.2, 0) is 20.7 Å². The highest BCUT2D eigenvalue weighted by molar-refractivity contribution is 5.98. The Morgan fingerprint density at radius 2 is 1.57 bits per heavy atom. The summed E-state index contributed by atoms with van der Waals surface area (Å²) in [4.78, 5) is 65.4. The topological polar surface area (TPSA) is 221 Å². The molecule has 0 bridgehead atoms. The number of anilines is 1. The van der Waals surface area contributed by atoms with Gasteiger partial charge in [0, 0.05) is 54.8 Å². The molecular formula is C42H51N9O7. The number of hydrogen-bond donors (Lipinski definition) is 6. The molecule has 0 spiro atoms. The second-order valence-corrected chi connectivity index (χ2v) is 16.0. The predicted molar refractivity (Wildman–Crippen MR) is 216 cm³/mol. The fourth-order valence-corrected chi connectivity index (χ4v) is 7.28. The van der Waals surface area contributed by atoms with Gasteiger partial charge in [0.25, 0.3) is 5.91 Å². The molecule has 3 aromatic carbocycles. The van der Waals surface area contributed by atoms with Gasteiger partial charge >= 0.3 is 12.2 Å². The Balaban J connectivity index is 1.09. The average molecular weight is 794 g/mol. The quantitative estimate of drug-likeness (QED) is 0.107. The van der Waals surface area contributed by atoms with Crippen molar-refractivity contribution >= 4 is 35.6 Å². The third kappa shape index (κ3) is 11.6. The predicted octanol–water partition coefficient (Wildman–Crippen LogP) is 5.40. The van der Waals surface area contributed by atoms with Gasteiger partial charge in [-0.1, -0.05) is 36.4 Å². The van der Waals surface area contributed by atoms with E-state index in [0.717, 1.165) is 35.1 Å². The Kier molecular flexibility index (Phi) is 13.4. The van der Waals surface area contributed by atoms with Crippen LogP contribution in [0.2, 0.25) is 0 Å². The van der Waals surface area contributed by atoms with Crippen LogP contribution in [0.4, 0.5) is 15.3 Å². The molecular weight excluding hydrogens is 743 g/mol. The maximum atomic E-state index is 13.8. The third-order valence-electron chi connectivity index (χ3n) is 10.5. The van der Waals surface area contributed by atoms with Crippen LogP contribution in [0, 0.1) is 11.8 Å². The van der Waals surface area contributed by atoms with Crippen LogP contribution in [0.3, 0.4) is 0 Å². The van der Waals surface area contributed by atoms with E-state index in [9.17, 15) is 29.1 Å². The summed E-state index contributed by atoms with van der Waals surface area (Å²) in [6.07, 6.45) is 2.73. The minimum Gasteiger partial charge on any atom is -0.465 e. The maximum absolute atomic E-state index is 13.8. The van der Waals surface area contributed by atoms with Crippen LogP contribution in [-0.4, -0.2) is 97.9 Å². The number of carboxylic acid groups (broad SMARTS) is 1. The van der Waals surface area contributed by atoms with E-state index in [1.54, 1.807) is 30.3 Å². The first kappa shape index (κ1) is 41.3. The van der Waals surface area contributed by atoms with Gasteiger partial charge in [0.15, 0.2) is 0 Å². The van der Waals surface area contributed by atoms with Crippen LogP contribution in [0.5, 0.6) is 0 Å². The molecule has 5 amide bonds. The molecule has 1 saturated heterocycles. The second-order valence-electron chi connectivity index (χ2n) is 16.0. The summed E-state index contributed by atoms with van der Waals surface area (Å²) in [5, 5.41) is 35.1. The Morgan fingerprint density at radius 1 is 0.879 bits per heavy atom. The van der Waals surface area contributed by atoms with E-state index in [1.165, 1.54) is 4.90 Å². The standard InChI is InChI=1S/C42H51N9O7/c1-42(2,3)58-40(55)43-25-27-9-13-30(14-10-27)37(52)46-35(39(54)45-33-17-15-29(16-18-33)36-47-49-50-48-36)23-26-7-11-28(12-8-26)31-5-4-6-32(24-31)38(53)44-34-19-21-51(22-20-34)41(56)57/h4-8,11-12,15-18,24,27,30,34-35H,9-10,13-14,19-23,25H2,1-3H3,(H,43,55)(H,44,53)(H,45,54)(H,46,52)(H,56,57)(H,47,48,49,50)/t27-,30-,35-/m0/s1. The van der Waals surface area contributed by atoms with E-state index >= 15 is 0 Å². The van der Waals surface area contributed by atoms with Gasteiger partial charge in [-0.25, -0.2) is 9.59 Å². The maximum Gasteiger partial charge on any atom is 0.407 e. The summed E-state index contributed by atoms with van der Waals surface area (Å²) in [5.41, 5.74) is 3.72. The zero-order chi connectivity index (χ0) is 41.2. The molecule has 1 aliphatic heterocycles. The number of hydrogen-bond acceptors (Lipinski definition) is 9. The monoisotopic (exact) mass is 793 g/mol. The molecule has 16 nitrogen and oxygen atoms in total. The smallest absolute Gasteiger partial charge is 0.407 e. The van der Waals surface area contributed by atoms with Crippen molar-refractivity contribution in [3.63, 3.8) is 0 Å². The lowest BCUT2D eigenvalue weighted by molar-refractivity contribution is -0.130. The van der Waals surface area contributed by atoms with Crippen molar-refractivity contribution in [1.82, 2.24) is 41.5 Å². The third-order valence-corrected chi connectivity index (χ3v) is 10.5. The normalized spacial score (nSPS) is 17.7. The molecule has 2 aliphatic rings. The number of nitrogens with zero attached hydrogens (tertiary/aromatic N) is 4. The highest BCUT2D eigenvalue weighted by Crippen LogP contribution is 2.29. The number of ether oxygens (including phenoxy) is 1. The summed E-state index contributed by atoms with van der Waals surface area (Å²) in [6.45, 7) is 6.69. The summed E-state index contributed by atoms with van der Waals surface area (Å²) < 4.78 is 5.35. The zero-order valence-corrected chi connectivity index (χ0v) is 33.0. The number of nitrogens with one attached hydrogen (secondary N) is 5. The number of likely N-dealkylation sites (tertiary alicyclic amines) is 1. The highest BCUT2D eigenvalue weighted by Gasteiger charge is 2.31. The lowest BCUT2D eigenvalue weighted by Crippen LogP contribution is -2.48. The lowest BCUT2D eigenvalue weighted by atomic mass is 9.81. The number of tetrazole rings is 1. The van der Waals surface area contributed by atoms with Gasteiger partial charge in [-0.15, -0.1) is 10.2 Å². The molecule has 2 heterocycles. The van der Waals surface area contributed by atoms with E-state index in [4.69, 9.17) is 4.74 Å². The molecule has 0 unspecified atom stereocenters. The Morgan fingerprint density at radius 3 is 2.21 bits per heavy atom. The summed E-state index contributed by atoms with van der Waals surface area (Å²) in [6, 6.07) is 21.0. The van der Waals surface area contributed by atoms with Gasteiger partial charge in [0.2, 0.25) is 17.6 Å². The van der Waals surface area contributed by atoms with Crippen molar-refractivity contribution < 1.29 is 33.8 Å². The van der Waals surface area contributed by atoms with E-state index < -0.39 is 23.8 Å². The summed E-state index contributed by atoms with van der Waals surface area (Å²) in [7, 11) is 0. The number of carbonyl (C=O) groups is 5. The molecule has 58 heavy (non-hydrogen) atoms. The second kappa shape index (κ2) is 18.7.